The van der Waals surface area contributed by atoms with Crippen LogP contribution in [0.4, 0.5) is 0 Å². The molecule has 0 radical (unpaired) electrons. The molecule has 0 aliphatic carbocycles. The maximum Gasteiger partial charge on any atom is 0.309 e. The fourth-order valence-corrected chi connectivity index (χ4v) is 5.64. The molecule has 3 heterocycles. The molecule has 1 amide bonds. The lowest BCUT2D eigenvalue weighted by molar-refractivity contribution is -0.149. The first kappa shape index (κ1) is 26.2. The van der Waals surface area contributed by atoms with Gasteiger partial charge in [0.15, 0.2) is 11.5 Å². The molecule has 0 saturated carbocycles. The molecule has 2 aliphatic rings. The highest BCUT2D eigenvalue weighted by molar-refractivity contribution is 7.09. The summed E-state index contributed by atoms with van der Waals surface area (Å²) in [5.41, 5.74) is 4.04. The summed E-state index contributed by atoms with van der Waals surface area (Å²) < 4.78 is 16.2. The van der Waals surface area contributed by atoms with Crippen molar-refractivity contribution in [1.82, 2.24) is 14.8 Å². The van der Waals surface area contributed by atoms with Crippen LogP contribution in [0.2, 0.25) is 0 Å². The number of thiazole rings is 1. The van der Waals surface area contributed by atoms with Gasteiger partial charge in [-0.15, -0.1) is 11.3 Å². The van der Waals surface area contributed by atoms with Gasteiger partial charge in [-0.05, 0) is 49.9 Å². The number of nitrogens with zero attached hydrogens (tertiary/aromatic N) is 3. The van der Waals surface area contributed by atoms with Crippen LogP contribution in [0.25, 0.3) is 0 Å². The number of benzene rings is 2. The van der Waals surface area contributed by atoms with Crippen LogP contribution in [-0.4, -0.2) is 53.1 Å². The van der Waals surface area contributed by atoms with Crippen molar-refractivity contribution < 1.29 is 23.8 Å². The Morgan fingerprint density at radius 2 is 1.74 bits per heavy atom. The number of amides is 1. The molecule has 2 aromatic carbocycles. The van der Waals surface area contributed by atoms with Crippen molar-refractivity contribution in [3.8, 4) is 11.5 Å². The molecule has 0 atom stereocenters. The highest BCUT2D eigenvalue weighted by Crippen LogP contribution is 2.33. The third kappa shape index (κ3) is 6.34. The minimum absolute atomic E-state index is 0.0735. The molecular formula is C29H33N3O5S. The van der Waals surface area contributed by atoms with E-state index in [1.54, 1.807) is 4.90 Å². The maximum atomic E-state index is 13.1. The van der Waals surface area contributed by atoms with E-state index in [1.807, 2.05) is 24.4 Å². The first-order valence-corrected chi connectivity index (χ1v) is 13.9. The molecular weight excluding hydrogens is 502 g/mol. The van der Waals surface area contributed by atoms with Crippen LogP contribution in [0.3, 0.4) is 0 Å². The van der Waals surface area contributed by atoms with Gasteiger partial charge >= 0.3 is 5.97 Å². The number of carbonyl (C=O) groups excluding carboxylic acids is 2. The van der Waals surface area contributed by atoms with Gasteiger partial charge in [0.2, 0.25) is 6.79 Å². The number of fused-ring (bicyclic) bond motifs is 1. The molecule has 1 fully saturated rings. The van der Waals surface area contributed by atoms with E-state index < -0.39 is 0 Å². The third-order valence-electron chi connectivity index (χ3n) is 6.90. The van der Waals surface area contributed by atoms with Gasteiger partial charge in [-0.25, -0.2) is 4.98 Å². The molecule has 1 aromatic heterocycles. The summed E-state index contributed by atoms with van der Waals surface area (Å²) in [6.45, 7) is 7.68. The van der Waals surface area contributed by atoms with Crippen molar-refractivity contribution >= 4 is 23.2 Å². The highest BCUT2D eigenvalue weighted by atomic mass is 32.1. The number of likely N-dealkylation sites (tertiary alicyclic amines) is 1. The lowest BCUT2D eigenvalue weighted by Crippen LogP contribution is -2.40. The Hall–Kier alpha value is -3.43. The highest BCUT2D eigenvalue weighted by Gasteiger charge is 2.29. The van der Waals surface area contributed by atoms with Crippen molar-refractivity contribution in [2.75, 3.05) is 26.5 Å². The van der Waals surface area contributed by atoms with Gasteiger partial charge in [0, 0.05) is 31.6 Å². The topological polar surface area (TPSA) is 81.2 Å². The van der Waals surface area contributed by atoms with Gasteiger partial charge < -0.3 is 19.1 Å². The van der Waals surface area contributed by atoms with Gasteiger partial charge in [-0.2, -0.15) is 0 Å². The molecule has 0 N–H and O–H groups in total. The molecule has 0 spiro atoms. The molecule has 2 aliphatic heterocycles. The van der Waals surface area contributed by atoms with E-state index in [2.05, 4.69) is 42.2 Å². The van der Waals surface area contributed by atoms with Crippen LogP contribution in [-0.2, 0) is 29.2 Å². The van der Waals surface area contributed by atoms with Crippen LogP contribution in [0.1, 0.15) is 52.0 Å². The second-order valence-corrected chi connectivity index (χ2v) is 10.7. The van der Waals surface area contributed by atoms with Crippen LogP contribution < -0.4 is 9.47 Å². The summed E-state index contributed by atoms with van der Waals surface area (Å²) >= 11 is 1.51. The van der Waals surface area contributed by atoms with E-state index >= 15 is 0 Å². The average Bonchev–Trinajstić information content (AvgIpc) is 3.59. The second kappa shape index (κ2) is 12.0. The van der Waals surface area contributed by atoms with Crippen LogP contribution in [0, 0.1) is 12.8 Å². The monoisotopic (exact) mass is 535 g/mol. The van der Waals surface area contributed by atoms with Gasteiger partial charge in [0.1, 0.15) is 10.7 Å². The molecule has 0 bridgehead atoms. The number of hydrogen-bond donors (Lipinski definition) is 0. The number of ether oxygens (including phenoxy) is 3. The summed E-state index contributed by atoms with van der Waals surface area (Å²) in [6, 6.07) is 14.6. The molecule has 0 unspecified atom stereocenters. The number of piperidine rings is 1. The molecule has 3 aromatic rings. The molecule has 1 saturated heterocycles. The zero-order valence-corrected chi connectivity index (χ0v) is 22.7. The molecule has 38 heavy (non-hydrogen) atoms. The minimum atomic E-state index is -0.160. The fraction of sp³-hybridized carbons (Fsp3) is 0.414. The van der Waals surface area contributed by atoms with Crippen LogP contribution in [0.5, 0.6) is 11.5 Å². The van der Waals surface area contributed by atoms with E-state index in [0.717, 1.165) is 28.6 Å². The quantitative estimate of drug-likeness (QED) is 0.364. The number of hydrogen-bond acceptors (Lipinski definition) is 8. The standard InChI is InChI=1S/C29H33N3O5S/c1-3-35-29(34)23-10-12-32(13-11-23)28(33)24-18-38-27(30-24)17-31(15-21-6-4-20(2)5-7-21)16-22-8-9-25-26(14-22)37-19-36-25/h4-9,14,18,23H,3,10-13,15-17,19H2,1-2H3. The van der Waals surface area contributed by atoms with Gasteiger partial charge in [0.05, 0.1) is 19.1 Å². The Bertz CT molecular complexity index is 1270. The molecule has 9 heteroatoms. The molecule has 200 valence electrons. The van der Waals surface area contributed by atoms with Crippen molar-refractivity contribution in [2.24, 2.45) is 5.92 Å². The van der Waals surface area contributed by atoms with E-state index in [0.29, 0.717) is 51.3 Å². The van der Waals surface area contributed by atoms with E-state index in [-0.39, 0.29) is 24.6 Å². The second-order valence-electron chi connectivity index (χ2n) is 9.76. The molecule has 8 nitrogen and oxygen atoms in total. The lowest BCUT2D eigenvalue weighted by atomic mass is 9.97. The van der Waals surface area contributed by atoms with E-state index in [1.165, 1.54) is 22.5 Å². The Kier molecular flexibility index (Phi) is 8.24. The number of esters is 1. The third-order valence-corrected chi connectivity index (χ3v) is 7.74. The van der Waals surface area contributed by atoms with Crippen molar-refractivity contribution in [1.29, 1.82) is 0 Å². The van der Waals surface area contributed by atoms with Crippen molar-refractivity contribution in [3.63, 3.8) is 0 Å². The normalized spacial score (nSPS) is 15.2. The summed E-state index contributed by atoms with van der Waals surface area (Å²) in [7, 11) is 0. The van der Waals surface area contributed by atoms with Crippen molar-refractivity contribution in [3.05, 3.63) is 75.2 Å². The Balaban J connectivity index is 1.25. The van der Waals surface area contributed by atoms with Crippen molar-refractivity contribution in [2.45, 2.75) is 46.3 Å². The number of aromatic nitrogens is 1. The van der Waals surface area contributed by atoms with E-state index in [9.17, 15) is 9.59 Å². The average molecular weight is 536 g/mol. The largest absolute Gasteiger partial charge is 0.466 e. The van der Waals surface area contributed by atoms with Gasteiger partial charge in [-0.1, -0.05) is 35.9 Å². The summed E-state index contributed by atoms with van der Waals surface area (Å²) in [5, 5.41) is 2.74. The Morgan fingerprint density at radius 3 is 2.50 bits per heavy atom. The SMILES string of the molecule is CCOC(=O)C1CCN(C(=O)c2csc(CN(Cc3ccc(C)cc3)Cc3ccc4c(c3)OCO4)n2)CC1. The Morgan fingerprint density at radius 1 is 1.03 bits per heavy atom. The Labute approximate surface area is 227 Å². The summed E-state index contributed by atoms with van der Waals surface area (Å²) in [5.74, 6) is 1.18. The smallest absolute Gasteiger partial charge is 0.309 e. The zero-order valence-electron chi connectivity index (χ0n) is 21.9. The van der Waals surface area contributed by atoms with Crippen LogP contribution >= 0.6 is 11.3 Å². The number of carbonyl (C=O) groups is 2. The fourth-order valence-electron chi connectivity index (χ4n) is 4.83. The summed E-state index contributed by atoms with van der Waals surface area (Å²) in [4.78, 5) is 34.0. The first-order valence-electron chi connectivity index (χ1n) is 13.0. The van der Waals surface area contributed by atoms with Crippen LogP contribution in [0.15, 0.2) is 47.8 Å². The predicted molar refractivity (Wildman–Crippen MR) is 144 cm³/mol. The first-order chi connectivity index (χ1) is 18.5. The van der Waals surface area contributed by atoms with Gasteiger partial charge in [-0.3, -0.25) is 14.5 Å². The minimum Gasteiger partial charge on any atom is -0.466 e. The van der Waals surface area contributed by atoms with E-state index in [4.69, 9.17) is 19.2 Å². The predicted octanol–water partition coefficient (Wildman–Crippen LogP) is 4.80. The maximum absolute atomic E-state index is 13.1. The number of rotatable bonds is 9. The molecule has 5 rings (SSSR count). The summed E-state index contributed by atoms with van der Waals surface area (Å²) in [6.07, 6.45) is 1.25. The lowest BCUT2D eigenvalue weighted by Gasteiger charge is -2.30. The number of aryl methyl sites for hydroxylation is 1. The van der Waals surface area contributed by atoms with Gasteiger partial charge in [0.25, 0.3) is 5.91 Å². The zero-order chi connectivity index (χ0) is 26.5.